The van der Waals surface area contributed by atoms with Gasteiger partial charge in [-0.15, -0.1) is 11.3 Å². The van der Waals surface area contributed by atoms with Crippen molar-refractivity contribution >= 4 is 17.0 Å². The van der Waals surface area contributed by atoms with Crippen molar-refractivity contribution in [2.24, 2.45) is 0 Å². The number of nitrogens with one attached hydrogen (secondary N) is 1. The third-order valence-electron chi connectivity index (χ3n) is 2.92. The van der Waals surface area contributed by atoms with Crippen LogP contribution < -0.4 is 10.1 Å². The molecule has 1 aromatic heterocycles. The summed E-state index contributed by atoms with van der Waals surface area (Å²) in [6, 6.07) is 16.3. The molecule has 0 aliphatic carbocycles. The highest BCUT2D eigenvalue weighted by atomic mass is 32.1. The number of allylic oxidation sites excluding steroid dienone is 2. The highest BCUT2D eigenvalue weighted by molar-refractivity contribution is 7.09. The first-order valence-electron chi connectivity index (χ1n) is 6.74. The van der Waals surface area contributed by atoms with Crippen LogP contribution >= 0.6 is 11.3 Å². The van der Waals surface area contributed by atoms with Gasteiger partial charge in [0.25, 0.3) is 0 Å². The first kappa shape index (κ1) is 16.1. The second-order valence-corrected chi connectivity index (χ2v) is 5.42. The van der Waals surface area contributed by atoms with Gasteiger partial charge in [0.15, 0.2) is 5.57 Å². The van der Waals surface area contributed by atoms with Crippen molar-refractivity contribution in [3.8, 4) is 24.0 Å². The van der Waals surface area contributed by atoms with Crippen LogP contribution in [0, 0.1) is 34.0 Å². The Kier molecular flexibility index (Phi) is 5.77. The van der Waals surface area contributed by atoms with Crippen molar-refractivity contribution in [3.05, 3.63) is 57.9 Å². The molecular weight excluding hydrogens is 308 g/mol. The smallest absolute Gasteiger partial charge is 0.163 e. The van der Waals surface area contributed by atoms with Crippen LogP contribution in [0.1, 0.15) is 4.88 Å². The van der Waals surface area contributed by atoms with Crippen LogP contribution in [0.2, 0.25) is 0 Å². The van der Waals surface area contributed by atoms with E-state index in [1.54, 1.807) is 41.7 Å². The van der Waals surface area contributed by atoms with Gasteiger partial charge in [-0.1, -0.05) is 18.2 Å². The molecule has 1 aromatic carbocycles. The van der Waals surface area contributed by atoms with Crippen LogP contribution in [0.25, 0.3) is 0 Å². The third-order valence-corrected chi connectivity index (χ3v) is 3.85. The van der Waals surface area contributed by atoms with Crippen LogP contribution in [0.3, 0.4) is 0 Å². The molecule has 2 rings (SSSR count). The normalized spacial score (nSPS) is 9.09. The zero-order chi connectivity index (χ0) is 16.5. The first-order chi connectivity index (χ1) is 11.3. The number of anilines is 1. The van der Waals surface area contributed by atoms with E-state index in [1.165, 1.54) is 4.88 Å². The average Bonchev–Trinajstić information content (AvgIpc) is 3.09. The van der Waals surface area contributed by atoms with E-state index in [4.69, 9.17) is 20.5 Å². The van der Waals surface area contributed by atoms with E-state index in [2.05, 4.69) is 5.32 Å². The van der Waals surface area contributed by atoms with Gasteiger partial charge in [-0.05, 0) is 23.6 Å². The van der Waals surface area contributed by atoms with Gasteiger partial charge in [0.05, 0.1) is 12.3 Å². The molecular formula is C17H12N4OS. The summed E-state index contributed by atoms with van der Waals surface area (Å²) in [7, 11) is 0. The zero-order valence-electron chi connectivity index (χ0n) is 12.1. The Labute approximate surface area is 138 Å². The summed E-state index contributed by atoms with van der Waals surface area (Å²) in [5.74, 6) is 0.562. The van der Waals surface area contributed by atoms with E-state index in [0.29, 0.717) is 18.0 Å². The molecule has 0 amide bonds. The van der Waals surface area contributed by atoms with E-state index in [0.717, 1.165) is 6.42 Å². The maximum Gasteiger partial charge on any atom is 0.163 e. The van der Waals surface area contributed by atoms with Crippen molar-refractivity contribution in [2.75, 3.05) is 11.9 Å². The number of hydrogen-bond donors (Lipinski definition) is 1. The molecule has 0 saturated heterocycles. The summed E-state index contributed by atoms with van der Waals surface area (Å²) in [5, 5.41) is 31.6. The zero-order valence-corrected chi connectivity index (χ0v) is 12.9. The predicted octanol–water partition coefficient (Wildman–Crippen LogP) is 3.61. The molecule has 112 valence electrons. The number of rotatable bonds is 6. The van der Waals surface area contributed by atoms with Gasteiger partial charge in [-0.2, -0.15) is 15.8 Å². The molecule has 0 atom stereocenters. The van der Waals surface area contributed by atoms with Crippen LogP contribution in [0.5, 0.6) is 5.75 Å². The largest absolute Gasteiger partial charge is 0.491 e. The molecule has 0 unspecified atom stereocenters. The number of nitrogens with zero attached hydrogens (tertiary/aromatic N) is 3. The number of thiophene rings is 1. The van der Waals surface area contributed by atoms with Crippen LogP contribution in [-0.4, -0.2) is 6.61 Å². The number of ether oxygens (including phenoxy) is 1. The summed E-state index contributed by atoms with van der Waals surface area (Å²) < 4.78 is 5.75. The molecule has 23 heavy (non-hydrogen) atoms. The molecule has 0 spiro atoms. The lowest BCUT2D eigenvalue weighted by molar-refractivity contribution is 0.324. The molecule has 0 bridgehead atoms. The molecule has 1 heterocycles. The molecule has 0 radical (unpaired) electrons. The van der Waals surface area contributed by atoms with Crippen molar-refractivity contribution in [2.45, 2.75) is 6.42 Å². The average molecular weight is 320 g/mol. The maximum atomic E-state index is 9.10. The highest BCUT2D eigenvalue weighted by Crippen LogP contribution is 2.26. The molecule has 0 aliphatic heterocycles. The van der Waals surface area contributed by atoms with Crippen LogP contribution in [0.15, 0.2) is 53.0 Å². The summed E-state index contributed by atoms with van der Waals surface area (Å²) in [6.45, 7) is 0.494. The standard InChI is InChI=1S/C17H12N4OS/c18-10-13(11-19)16(12-20)21-15-5-1-2-6-17(15)22-8-7-14-4-3-9-23-14/h1-6,9,21H,7-8H2. The minimum atomic E-state index is -0.263. The van der Waals surface area contributed by atoms with Gasteiger partial charge >= 0.3 is 0 Å². The lowest BCUT2D eigenvalue weighted by atomic mass is 10.2. The monoisotopic (exact) mass is 320 g/mol. The second kappa shape index (κ2) is 8.24. The number of hydrogen-bond acceptors (Lipinski definition) is 6. The topological polar surface area (TPSA) is 92.6 Å². The quantitative estimate of drug-likeness (QED) is 0.821. The first-order valence-corrected chi connectivity index (χ1v) is 7.62. The van der Waals surface area contributed by atoms with Gasteiger partial charge in [-0.25, -0.2) is 0 Å². The number of para-hydroxylation sites is 2. The number of benzene rings is 1. The maximum absolute atomic E-state index is 9.10. The van der Waals surface area contributed by atoms with Gasteiger partial charge in [0, 0.05) is 11.3 Å². The van der Waals surface area contributed by atoms with E-state index in [9.17, 15) is 0 Å². The Morgan fingerprint density at radius 2 is 1.83 bits per heavy atom. The van der Waals surface area contributed by atoms with E-state index < -0.39 is 0 Å². The van der Waals surface area contributed by atoms with E-state index in [-0.39, 0.29) is 11.3 Å². The fourth-order valence-corrected chi connectivity index (χ4v) is 2.52. The summed E-state index contributed by atoms with van der Waals surface area (Å²) in [4.78, 5) is 1.23. The Morgan fingerprint density at radius 3 is 2.48 bits per heavy atom. The van der Waals surface area contributed by atoms with Crippen LogP contribution in [0.4, 0.5) is 5.69 Å². The Balaban J connectivity index is 2.12. The van der Waals surface area contributed by atoms with Crippen LogP contribution in [-0.2, 0) is 6.42 Å². The Morgan fingerprint density at radius 1 is 1.04 bits per heavy atom. The van der Waals surface area contributed by atoms with Gasteiger partial charge in [0.1, 0.15) is 29.7 Å². The molecule has 0 saturated carbocycles. The fourth-order valence-electron chi connectivity index (χ4n) is 1.83. The number of nitriles is 3. The molecule has 6 heteroatoms. The highest BCUT2D eigenvalue weighted by Gasteiger charge is 2.09. The predicted molar refractivity (Wildman–Crippen MR) is 87.4 cm³/mol. The molecule has 1 N–H and O–H groups in total. The third kappa shape index (κ3) is 4.35. The van der Waals surface area contributed by atoms with Crippen molar-refractivity contribution in [1.29, 1.82) is 15.8 Å². The lowest BCUT2D eigenvalue weighted by Crippen LogP contribution is -2.05. The Hall–Kier alpha value is -3.27. The van der Waals surface area contributed by atoms with Gasteiger partial charge in [-0.3, -0.25) is 0 Å². The molecule has 0 aliphatic rings. The molecule has 2 aromatic rings. The minimum absolute atomic E-state index is 0.0932. The second-order valence-electron chi connectivity index (χ2n) is 4.38. The van der Waals surface area contributed by atoms with Crippen molar-refractivity contribution in [1.82, 2.24) is 0 Å². The Bertz CT molecular complexity index is 804. The van der Waals surface area contributed by atoms with Gasteiger partial charge < -0.3 is 10.1 Å². The van der Waals surface area contributed by atoms with Crippen molar-refractivity contribution in [3.63, 3.8) is 0 Å². The van der Waals surface area contributed by atoms with Gasteiger partial charge in [0.2, 0.25) is 0 Å². The molecule has 5 nitrogen and oxygen atoms in total. The summed E-state index contributed by atoms with van der Waals surface area (Å²) in [5.41, 5.74) is 0.184. The summed E-state index contributed by atoms with van der Waals surface area (Å²) in [6.07, 6.45) is 0.786. The molecule has 0 fully saturated rings. The van der Waals surface area contributed by atoms with E-state index >= 15 is 0 Å². The minimum Gasteiger partial charge on any atom is -0.491 e. The van der Waals surface area contributed by atoms with E-state index in [1.807, 2.05) is 29.6 Å². The summed E-state index contributed by atoms with van der Waals surface area (Å²) >= 11 is 1.67. The van der Waals surface area contributed by atoms with Crippen molar-refractivity contribution < 1.29 is 4.74 Å². The SMILES string of the molecule is N#CC(C#N)=C(C#N)Nc1ccccc1OCCc1cccs1. The lowest BCUT2D eigenvalue weighted by Gasteiger charge is -2.12. The fraction of sp³-hybridized carbons (Fsp3) is 0.118.